The van der Waals surface area contributed by atoms with Gasteiger partial charge in [0.05, 0.1) is 5.57 Å². The van der Waals surface area contributed by atoms with E-state index in [1.165, 1.54) is 0 Å². The van der Waals surface area contributed by atoms with Gasteiger partial charge in [-0.1, -0.05) is 70.7 Å². The zero-order valence-corrected chi connectivity index (χ0v) is 19.4. The number of hydrogen-bond acceptors (Lipinski definition) is 8. The highest BCUT2D eigenvalue weighted by atomic mass is 35.6. The maximum atomic E-state index is 12.7. The van der Waals surface area contributed by atoms with E-state index in [2.05, 4.69) is 9.73 Å². The molecule has 0 aliphatic carbocycles. The molecule has 2 aliphatic rings. The minimum Gasteiger partial charge on any atom is -0.631 e. The van der Waals surface area contributed by atoms with Crippen LogP contribution in [0.3, 0.4) is 0 Å². The van der Waals surface area contributed by atoms with Crippen LogP contribution >= 0.6 is 34.8 Å². The highest BCUT2D eigenvalue weighted by Gasteiger charge is 2.59. The van der Waals surface area contributed by atoms with Gasteiger partial charge in [0.15, 0.2) is 18.7 Å². The third-order valence-corrected chi connectivity index (χ3v) is 5.07. The second-order valence-corrected chi connectivity index (χ2v) is 9.87. The molecule has 0 bridgehead atoms. The summed E-state index contributed by atoms with van der Waals surface area (Å²) in [6, 6.07) is 7.81. The number of fused-ring (bicyclic) bond motifs is 1. The van der Waals surface area contributed by atoms with Crippen LogP contribution in [0.15, 0.2) is 46.5 Å². The number of carbonyl (C=O) groups is 2. The molecule has 12 heteroatoms. The summed E-state index contributed by atoms with van der Waals surface area (Å²) in [7, 11) is 0. The number of esters is 1. The topological polar surface area (TPSA) is 111 Å². The Balaban J connectivity index is 1.59. The fourth-order valence-electron chi connectivity index (χ4n) is 3.31. The monoisotopic (exact) mass is 506 g/mol. The molecular weight excluding hydrogens is 487 g/mol. The number of aliphatic imine (C=N–C) groups is 1. The molecule has 1 N–H and O–H groups in total. The standard InChI is InChI=1S/C20H21Cl3N2O7/c1-11(2)14(18(26)29-8-12-6-4-3-5-7-12)16-15-17(25(16)28)32-13(24-15)9-30-19(27)31-10-20(21,22)23/h3-7,15-17,25H,8-10H2,1-2H3. The van der Waals surface area contributed by atoms with Crippen LogP contribution in [0.2, 0.25) is 0 Å². The fourth-order valence-corrected chi connectivity index (χ4v) is 3.48. The summed E-state index contributed by atoms with van der Waals surface area (Å²) in [5, 5.41) is 12.4. The number of nitrogens with zero attached hydrogens (tertiary/aromatic N) is 1. The number of alkyl halides is 3. The Bertz CT molecular complexity index is 914. The van der Waals surface area contributed by atoms with Crippen LogP contribution in [-0.4, -0.2) is 53.3 Å². The molecular formula is C20H21Cl3N2O7. The van der Waals surface area contributed by atoms with Gasteiger partial charge in [0, 0.05) is 0 Å². The molecule has 1 fully saturated rings. The molecule has 174 valence electrons. The first-order chi connectivity index (χ1) is 15.1. The Morgan fingerprint density at radius 2 is 1.81 bits per heavy atom. The summed E-state index contributed by atoms with van der Waals surface area (Å²) >= 11 is 16.5. The first kappa shape index (κ1) is 24.6. The number of allylic oxidation sites excluding steroid dienone is 1. The minimum atomic E-state index is -1.77. The van der Waals surface area contributed by atoms with Crippen LogP contribution in [-0.2, 0) is 30.3 Å². The molecule has 4 unspecified atom stereocenters. The van der Waals surface area contributed by atoms with Crippen LogP contribution in [0.4, 0.5) is 4.79 Å². The van der Waals surface area contributed by atoms with Gasteiger partial charge in [0.1, 0.15) is 13.2 Å². The molecule has 9 nitrogen and oxygen atoms in total. The molecule has 2 heterocycles. The average molecular weight is 508 g/mol. The predicted octanol–water partition coefficient (Wildman–Crippen LogP) is 2.48. The van der Waals surface area contributed by atoms with Crippen molar-refractivity contribution in [3.63, 3.8) is 0 Å². The lowest BCUT2D eigenvalue weighted by atomic mass is 9.88. The second-order valence-electron chi connectivity index (χ2n) is 7.35. The van der Waals surface area contributed by atoms with Crippen molar-refractivity contribution in [2.24, 2.45) is 4.99 Å². The van der Waals surface area contributed by atoms with E-state index >= 15 is 0 Å². The molecule has 1 saturated heterocycles. The van der Waals surface area contributed by atoms with Crippen LogP contribution in [0.1, 0.15) is 19.4 Å². The summed E-state index contributed by atoms with van der Waals surface area (Å²) in [5.41, 5.74) is 1.73. The third-order valence-electron chi connectivity index (χ3n) is 4.74. The maximum Gasteiger partial charge on any atom is 0.508 e. The fraction of sp³-hybridized carbons (Fsp3) is 0.450. The molecule has 0 saturated carbocycles. The van der Waals surface area contributed by atoms with E-state index < -0.39 is 40.8 Å². The van der Waals surface area contributed by atoms with Crippen LogP contribution in [0.5, 0.6) is 0 Å². The van der Waals surface area contributed by atoms with Crippen LogP contribution in [0.25, 0.3) is 0 Å². The Morgan fingerprint density at radius 1 is 1.12 bits per heavy atom. The van der Waals surface area contributed by atoms with Crippen LogP contribution < -0.4 is 5.06 Å². The van der Waals surface area contributed by atoms with Gasteiger partial charge in [-0.2, -0.15) is 0 Å². The Kier molecular flexibility index (Phi) is 7.89. The minimum absolute atomic E-state index is 0.0347. The molecule has 0 spiro atoms. The van der Waals surface area contributed by atoms with Crippen molar-refractivity contribution in [2.75, 3.05) is 13.2 Å². The summed E-state index contributed by atoms with van der Waals surface area (Å²) in [5.74, 6) is -0.548. The summed E-state index contributed by atoms with van der Waals surface area (Å²) < 4.78 is 18.6. The van der Waals surface area contributed by atoms with Gasteiger partial charge < -0.3 is 29.2 Å². The van der Waals surface area contributed by atoms with Gasteiger partial charge in [0.2, 0.25) is 9.69 Å². The predicted molar refractivity (Wildman–Crippen MR) is 116 cm³/mol. The van der Waals surface area contributed by atoms with Gasteiger partial charge in [-0.25, -0.2) is 14.6 Å². The zero-order valence-electron chi connectivity index (χ0n) is 17.2. The maximum absolute atomic E-state index is 12.7. The quantitative estimate of drug-likeness (QED) is 0.261. The largest absolute Gasteiger partial charge is 0.631 e. The zero-order chi connectivity index (χ0) is 23.5. The molecule has 1 aromatic carbocycles. The van der Waals surface area contributed by atoms with E-state index in [-0.39, 0.29) is 29.7 Å². The number of rotatable bonds is 7. The normalized spacial score (nSPS) is 23.8. The Hall–Kier alpha value is -2.04. The second kappa shape index (κ2) is 10.3. The lowest BCUT2D eigenvalue weighted by molar-refractivity contribution is -0.964. The smallest absolute Gasteiger partial charge is 0.508 e. The summed E-state index contributed by atoms with van der Waals surface area (Å²) in [4.78, 5) is 28.6. The Labute approximate surface area is 199 Å². The highest BCUT2D eigenvalue weighted by Crippen LogP contribution is 2.28. The first-order valence-electron chi connectivity index (χ1n) is 9.58. The van der Waals surface area contributed by atoms with E-state index in [4.69, 9.17) is 49.0 Å². The van der Waals surface area contributed by atoms with E-state index in [1.54, 1.807) is 13.8 Å². The summed E-state index contributed by atoms with van der Waals surface area (Å²) in [6.45, 7) is 2.67. The van der Waals surface area contributed by atoms with Crippen molar-refractivity contribution in [2.45, 2.75) is 42.6 Å². The Morgan fingerprint density at radius 3 is 2.44 bits per heavy atom. The molecule has 4 atom stereocenters. The van der Waals surface area contributed by atoms with Crippen molar-refractivity contribution in [3.05, 3.63) is 52.2 Å². The van der Waals surface area contributed by atoms with Crippen LogP contribution in [0, 0.1) is 5.21 Å². The van der Waals surface area contributed by atoms with Crippen molar-refractivity contribution in [1.82, 2.24) is 0 Å². The van der Waals surface area contributed by atoms with Gasteiger partial charge in [-0.05, 0) is 19.4 Å². The molecule has 32 heavy (non-hydrogen) atoms. The van der Waals surface area contributed by atoms with Gasteiger partial charge in [-0.3, -0.25) is 0 Å². The van der Waals surface area contributed by atoms with Gasteiger partial charge in [0.25, 0.3) is 6.23 Å². The lowest BCUT2D eigenvalue weighted by Crippen LogP contribution is -3.26. The number of hydroxylamine groups is 2. The first-order valence-corrected chi connectivity index (χ1v) is 10.7. The number of benzene rings is 1. The average Bonchev–Trinajstić information content (AvgIpc) is 3.12. The number of halogens is 3. The number of quaternary nitrogens is 1. The number of ether oxygens (including phenoxy) is 4. The number of nitrogens with one attached hydrogen (secondary N) is 1. The van der Waals surface area contributed by atoms with E-state index in [1.807, 2.05) is 30.3 Å². The van der Waals surface area contributed by atoms with Crippen molar-refractivity contribution in [3.8, 4) is 0 Å². The van der Waals surface area contributed by atoms with Gasteiger partial charge >= 0.3 is 12.1 Å². The molecule has 2 aliphatic heterocycles. The van der Waals surface area contributed by atoms with E-state index in [0.717, 1.165) is 5.56 Å². The third kappa shape index (κ3) is 6.05. The van der Waals surface area contributed by atoms with Gasteiger partial charge in [-0.15, -0.1) is 0 Å². The van der Waals surface area contributed by atoms with Crippen molar-refractivity contribution in [1.29, 1.82) is 0 Å². The lowest BCUT2D eigenvalue weighted by Gasteiger charge is -2.48. The van der Waals surface area contributed by atoms with Crippen molar-refractivity contribution < 1.29 is 33.6 Å². The molecule has 3 rings (SSSR count). The molecule has 0 amide bonds. The number of carbonyl (C=O) groups excluding carboxylic acids is 2. The SMILES string of the molecule is CC(C)=C(C(=O)OCc1ccccc1)C1C2N=C(COC(=O)OCC(Cl)(Cl)Cl)OC2[NH+]1[O-]. The number of hydrogen-bond donors (Lipinski definition) is 1. The summed E-state index contributed by atoms with van der Waals surface area (Å²) in [6.07, 6.45) is -1.92. The highest BCUT2D eigenvalue weighted by molar-refractivity contribution is 6.67. The molecule has 0 radical (unpaired) electrons. The van der Waals surface area contributed by atoms with Crippen molar-refractivity contribution >= 4 is 52.8 Å². The van der Waals surface area contributed by atoms with E-state index in [9.17, 15) is 14.8 Å². The molecule has 0 aromatic heterocycles. The van der Waals surface area contributed by atoms with E-state index in [0.29, 0.717) is 5.57 Å². The molecule has 1 aromatic rings.